The monoisotopic (exact) mass is 102 g/mol. The first-order valence-corrected chi connectivity index (χ1v) is 2.78. The molecule has 1 aliphatic rings. The van der Waals surface area contributed by atoms with Crippen molar-refractivity contribution < 1.29 is 7.85 Å². The van der Waals surface area contributed by atoms with E-state index in [1.165, 1.54) is 0 Å². The van der Waals surface area contributed by atoms with Crippen molar-refractivity contribution in [2.24, 2.45) is 0 Å². The van der Waals surface area contributed by atoms with Crippen molar-refractivity contribution in [1.29, 1.82) is 0 Å². The van der Waals surface area contributed by atoms with Crippen molar-refractivity contribution in [3.63, 3.8) is 0 Å². The first-order chi connectivity index (χ1) is 4.10. The van der Waals surface area contributed by atoms with E-state index >= 15 is 0 Å². The summed E-state index contributed by atoms with van der Waals surface area (Å²) < 4.78 is 14.5. The zero-order valence-electron chi connectivity index (χ0n) is 6.35. The summed E-state index contributed by atoms with van der Waals surface area (Å²) in [7, 11) is 0. The van der Waals surface area contributed by atoms with Crippen LogP contribution in [0.5, 0.6) is 0 Å². The molecule has 0 aromatic carbocycles. The van der Waals surface area contributed by atoms with E-state index in [1.807, 2.05) is 0 Å². The summed E-state index contributed by atoms with van der Waals surface area (Å²) >= 11 is 0. The Kier molecular flexibility index (Phi) is 1.02. The highest BCUT2D eigenvalue weighted by Crippen LogP contribution is 2.16. The first kappa shape index (κ1) is 3.08. The topological polar surface area (TPSA) is 20.2 Å². The second-order valence-corrected chi connectivity index (χ2v) is 1.98. The molecular formula is C6H12O. The summed E-state index contributed by atoms with van der Waals surface area (Å²) in [6.45, 7) is 0. The summed E-state index contributed by atoms with van der Waals surface area (Å²) in [6, 6.07) is 0. The molecule has 0 aromatic heterocycles. The van der Waals surface area contributed by atoms with Crippen LogP contribution in [-0.4, -0.2) is 11.2 Å². The van der Waals surface area contributed by atoms with Crippen LogP contribution in [0.15, 0.2) is 0 Å². The normalized spacial score (nSPS) is 36.7. The zero-order valence-corrected chi connectivity index (χ0v) is 4.35. The molecule has 0 amide bonds. The lowest BCUT2D eigenvalue weighted by molar-refractivity contribution is 0.130. The average Bonchev–Trinajstić information content (AvgIpc) is 1.78. The van der Waals surface area contributed by atoms with Crippen LogP contribution in [0.1, 0.15) is 34.8 Å². The van der Waals surface area contributed by atoms with Crippen molar-refractivity contribution >= 4 is 0 Å². The van der Waals surface area contributed by atoms with Gasteiger partial charge in [-0.15, -0.1) is 0 Å². The summed E-state index contributed by atoms with van der Waals surface area (Å²) in [4.78, 5) is 0. The Bertz CT molecular complexity index is 93.2. The van der Waals surface area contributed by atoms with Crippen molar-refractivity contribution in [1.82, 2.24) is 0 Å². The van der Waals surface area contributed by atoms with Gasteiger partial charge in [-0.25, -0.2) is 0 Å². The molecule has 1 heteroatoms. The minimum atomic E-state index is -1.00. The second-order valence-electron chi connectivity index (χ2n) is 1.98. The average molecular weight is 102 g/mol. The third kappa shape index (κ3) is 1.48. The fourth-order valence-electron chi connectivity index (χ4n) is 0.807. The molecule has 0 spiro atoms. The first-order valence-electron chi connectivity index (χ1n) is 3.78. The van der Waals surface area contributed by atoms with E-state index in [2.05, 4.69) is 0 Å². The standard InChI is InChI=1S/C6H12O/c7-6-4-2-1-3-5-6/h6-7H,1-5H2/i1D2. The Balaban J connectivity index is 2.35. The number of hydrogen-bond acceptors (Lipinski definition) is 1. The van der Waals surface area contributed by atoms with Crippen LogP contribution in [0, 0.1) is 0 Å². The summed E-state index contributed by atoms with van der Waals surface area (Å²) in [5.41, 5.74) is 0. The van der Waals surface area contributed by atoms with Gasteiger partial charge < -0.3 is 5.11 Å². The maximum Gasteiger partial charge on any atom is 0.0540 e. The van der Waals surface area contributed by atoms with Gasteiger partial charge in [0.05, 0.1) is 6.10 Å². The predicted octanol–water partition coefficient (Wildman–Crippen LogP) is 1.31. The molecule has 0 atom stereocenters. The minimum Gasteiger partial charge on any atom is -0.393 e. The highest BCUT2D eigenvalue weighted by Gasteiger charge is 2.07. The van der Waals surface area contributed by atoms with Gasteiger partial charge in [0, 0.05) is 2.74 Å². The Morgan fingerprint density at radius 1 is 1.43 bits per heavy atom. The van der Waals surface area contributed by atoms with E-state index < -0.39 is 6.37 Å². The van der Waals surface area contributed by atoms with Gasteiger partial charge in [-0.05, 0) is 12.8 Å². The lowest BCUT2D eigenvalue weighted by Crippen LogP contribution is -2.09. The molecule has 0 bridgehead atoms. The molecule has 1 aliphatic carbocycles. The summed E-state index contributed by atoms with van der Waals surface area (Å²) in [5, 5.41) is 8.97. The van der Waals surface area contributed by atoms with Gasteiger partial charge in [0.25, 0.3) is 0 Å². The lowest BCUT2D eigenvalue weighted by atomic mass is 9.98. The maximum absolute atomic E-state index is 8.97. The molecule has 42 valence electrons. The molecule has 1 nitrogen and oxygen atoms in total. The Hall–Kier alpha value is -0.0400. The van der Waals surface area contributed by atoms with E-state index in [0.29, 0.717) is 25.7 Å². The zero-order chi connectivity index (χ0) is 6.91. The summed E-state index contributed by atoms with van der Waals surface area (Å²) in [6.07, 6.45) is 1.07. The van der Waals surface area contributed by atoms with Crippen LogP contribution < -0.4 is 0 Å². The highest BCUT2D eigenvalue weighted by atomic mass is 16.3. The van der Waals surface area contributed by atoms with Crippen molar-refractivity contribution in [3.8, 4) is 0 Å². The van der Waals surface area contributed by atoms with Gasteiger partial charge in [-0.2, -0.15) is 0 Å². The van der Waals surface area contributed by atoms with Gasteiger partial charge in [0.2, 0.25) is 0 Å². The molecule has 0 saturated heterocycles. The van der Waals surface area contributed by atoms with Crippen molar-refractivity contribution in [2.75, 3.05) is 0 Å². The molecule has 0 radical (unpaired) electrons. The van der Waals surface area contributed by atoms with Crippen LogP contribution in [-0.2, 0) is 0 Å². The van der Waals surface area contributed by atoms with Crippen LogP contribution in [0.25, 0.3) is 0 Å². The number of aliphatic hydroxyl groups excluding tert-OH is 1. The number of hydrogen-bond donors (Lipinski definition) is 1. The quantitative estimate of drug-likeness (QED) is 0.489. The van der Waals surface area contributed by atoms with Gasteiger partial charge in [0.15, 0.2) is 0 Å². The molecule has 0 heterocycles. The van der Waals surface area contributed by atoms with Crippen molar-refractivity contribution in [3.05, 3.63) is 0 Å². The van der Waals surface area contributed by atoms with Gasteiger partial charge in [-0.1, -0.05) is 19.2 Å². The highest BCUT2D eigenvalue weighted by molar-refractivity contribution is 4.61. The molecule has 1 fully saturated rings. The van der Waals surface area contributed by atoms with Crippen LogP contribution in [0.2, 0.25) is 0 Å². The smallest absolute Gasteiger partial charge is 0.0540 e. The van der Waals surface area contributed by atoms with E-state index in [4.69, 9.17) is 7.85 Å². The minimum absolute atomic E-state index is 0.242. The van der Waals surface area contributed by atoms with Crippen LogP contribution in [0.4, 0.5) is 0 Å². The number of aliphatic hydroxyl groups is 1. The van der Waals surface area contributed by atoms with E-state index in [0.717, 1.165) is 0 Å². The molecular weight excluding hydrogens is 88.1 g/mol. The summed E-state index contributed by atoms with van der Waals surface area (Å²) in [5.74, 6) is 0. The third-order valence-corrected chi connectivity index (χ3v) is 1.31. The van der Waals surface area contributed by atoms with Gasteiger partial charge in [-0.3, -0.25) is 0 Å². The Morgan fingerprint density at radius 3 is 2.43 bits per heavy atom. The molecule has 7 heavy (non-hydrogen) atoms. The molecule has 1 N–H and O–H groups in total. The van der Waals surface area contributed by atoms with Crippen LogP contribution in [0.3, 0.4) is 0 Å². The van der Waals surface area contributed by atoms with Crippen molar-refractivity contribution in [2.45, 2.75) is 38.2 Å². The van der Waals surface area contributed by atoms with Gasteiger partial charge >= 0.3 is 0 Å². The van der Waals surface area contributed by atoms with Gasteiger partial charge in [0.1, 0.15) is 0 Å². The van der Waals surface area contributed by atoms with E-state index in [-0.39, 0.29) is 6.10 Å². The third-order valence-electron chi connectivity index (χ3n) is 1.31. The second kappa shape index (κ2) is 2.31. The number of rotatable bonds is 0. The molecule has 1 saturated carbocycles. The molecule has 0 aliphatic heterocycles. The predicted molar refractivity (Wildman–Crippen MR) is 29.1 cm³/mol. The SMILES string of the molecule is [2H]C1([2H])CCC(O)CC1. The maximum atomic E-state index is 8.97. The Labute approximate surface area is 47.2 Å². The molecule has 1 rings (SSSR count). The lowest BCUT2D eigenvalue weighted by Gasteiger charge is -2.14. The van der Waals surface area contributed by atoms with Crippen LogP contribution >= 0.6 is 0 Å². The largest absolute Gasteiger partial charge is 0.393 e. The fraction of sp³-hybridized carbons (Fsp3) is 1.00. The van der Waals surface area contributed by atoms with E-state index in [1.54, 1.807) is 0 Å². The van der Waals surface area contributed by atoms with E-state index in [9.17, 15) is 0 Å². The molecule has 0 aromatic rings. The molecule has 0 unspecified atom stereocenters. The fourth-order valence-corrected chi connectivity index (χ4v) is 0.807. The Morgan fingerprint density at radius 2 is 2.00 bits per heavy atom.